The molecule has 1 N–H and O–H groups in total. The third-order valence-corrected chi connectivity index (χ3v) is 4.48. The van der Waals surface area contributed by atoms with Gasteiger partial charge in [-0.05, 0) is 36.2 Å². The molecule has 148 valence electrons. The molecular formula is C22H20N2O5. The van der Waals surface area contributed by atoms with Crippen LogP contribution in [0.1, 0.15) is 16.1 Å². The molecule has 1 aliphatic heterocycles. The van der Waals surface area contributed by atoms with Crippen LogP contribution >= 0.6 is 0 Å². The van der Waals surface area contributed by atoms with Gasteiger partial charge in [-0.15, -0.1) is 0 Å². The molecule has 0 spiro atoms. The Labute approximate surface area is 167 Å². The van der Waals surface area contributed by atoms with Gasteiger partial charge in [0.25, 0.3) is 5.91 Å². The first-order valence-corrected chi connectivity index (χ1v) is 9.37. The number of amides is 1. The summed E-state index contributed by atoms with van der Waals surface area (Å²) in [4.78, 5) is 28.4. The van der Waals surface area contributed by atoms with Crippen LogP contribution < -0.4 is 14.8 Å². The van der Waals surface area contributed by atoms with Gasteiger partial charge in [0.15, 0.2) is 18.1 Å². The second kappa shape index (κ2) is 8.60. The second-order valence-corrected chi connectivity index (χ2v) is 6.54. The maximum absolute atomic E-state index is 12.1. The van der Waals surface area contributed by atoms with Gasteiger partial charge >= 0.3 is 5.97 Å². The molecule has 0 bridgehead atoms. The van der Waals surface area contributed by atoms with Crippen molar-refractivity contribution in [2.45, 2.75) is 6.42 Å². The topological polar surface area (TPSA) is 86.8 Å². The number of nitrogens with zero attached hydrogens (tertiary/aromatic N) is 1. The van der Waals surface area contributed by atoms with Crippen LogP contribution in [0.15, 0.2) is 54.6 Å². The lowest BCUT2D eigenvalue weighted by Gasteiger charge is -2.18. The minimum atomic E-state index is -0.627. The van der Waals surface area contributed by atoms with Crippen molar-refractivity contribution in [1.82, 2.24) is 10.3 Å². The number of pyridine rings is 1. The van der Waals surface area contributed by atoms with E-state index >= 15 is 0 Å². The Kier molecular flexibility index (Phi) is 5.56. The lowest BCUT2D eigenvalue weighted by atomic mass is 10.1. The molecule has 0 saturated heterocycles. The summed E-state index contributed by atoms with van der Waals surface area (Å²) in [6.07, 6.45) is 0.628. The SMILES string of the molecule is O=C(COC(=O)c1ccc2ccccc2n1)NCCc1ccc2c(c1)OCCO2. The van der Waals surface area contributed by atoms with E-state index in [1.54, 1.807) is 12.1 Å². The first-order chi connectivity index (χ1) is 14.2. The van der Waals surface area contributed by atoms with Gasteiger partial charge in [0, 0.05) is 11.9 Å². The maximum Gasteiger partial charge on any atom is 0.357 e. The molecule has 0 aliphatic carbocycles. The molecule has 1 aromatic heterocycles. The minimum Gasteiger partial charge on any atom is -0.486 e. The number of esters is 1. The summed E-state index contributed by atoms with van der Waals surface area (Å²) in [5, 5.41) is 3.67. The average molecular weight is 392 g/mol. The number of aromatic nitrogens is 1. The van der Waals surface area contributed by atoms with Crippen LogP contribution in [-0.4, -0.2) is 43.2 Å². The fourth-order valence-electron chi connectivity index (χ4n) is 3.03. The third-order valence-electron chi connectivity index (χ3n) is 4.48. The van der Waals surface area contributed by atoms with Crippen molar-refractivity contribution < 1.29 is 23.8 Å². The maximum atomic E-state index is 12.1. The zero-order valence-corrected chi connectivity index (χ0v) is 15.7. The molecule has 2 aromatic carbocycles. The molecule has 29 heavy (non-hydrogen) atoms. The Morgan fingerprint density at radius 2 is 1.83 bits per heavy atom. The number of rotatable bonds is 6. The van der Waals surface area contributed by atoms with Crippen molar-refractivity contribution in [1.29, 1.82) is 0 Å². The lowest BCUT2D eigenvalue weighted by molar-refractivity contribution is -0.124. The molecule has 0 atom stereocenters. The van der Waals surface area contributed by atoms with E-state index in [2.05, 4.69) is 10.3 Å². The van der Waals surface area contributed by atoms with Crippen molar-refractivity contribution >= 4 is 22.8 Å². The van der Waals surface area contributed by atoms with Crippen LogP contribution in [0.4, 0.5) is 0 Å². The van der Waals surface area contributed by atoms with Gasteiger partial charge in [-0.3, -0.25) is 4.79 Å². The fraction of sp³-hybridized carbons (Fsp3) is 0.227. The molecule has 0 saturated carbocycles. The molecule has 0 fully saturated rings. The Hall–Kier alpha value is -3.61. The highest BCUT2D eigenvalue weighted by Crippen LogP contribution is 2.30. The summed E-state index contributed by atoms with van der Waals surface area (Å²) in [5.41, 5.74) is 1.89. The van der Waals surface area contributed by atoms with Gasteiger partial charge in [0.1, 0.15) is 18.9 Å². The Morgan fingerprint density at radius 3 is 2.72 bits per heavy atom. The molecule has 3 aromatic rings. The number of fused-ring (bicyclic) bond motifs is 2. The van der Waals surface area contributed by atoms with Gasteiger partial charge in [-0.1, -0.05) is 30.3 Å². The van der Waals surface area contributed by atoms with E-state index in [1.807, 2.05) is 42.5 Å². The molecule has 7 nitrogen and oxygen atoms in total. The van der Waals surface area contributed by atoms with Gasteiger partial charge in [-0.2, -0.15) is 0 Å². The number of hydrogen-bond acceptors (Lipinski definition) is 6. The zero-order valence-electron chi connectivity index (χ0n) is 15.7. The standard InChI is InChI=1S/C22H20N2O5/c25-21(23-10-9-15-5-8-19-20(13-15)28-12-11-27-19)14-29-22(26)18-7-6-16-3-1-2-4-17(16)24-18/h1-8,13H,9-12,14H2,(H,23,25). The predicted molar refractivity (Wildman–Crippen MR) is 106 cm³/mol. The Bertz CT molecular complexity index is 1050. The number of nitrogens with one attached hydrogen (secondary N) is 1. The van der Waals surface area contributed by atoms with Crippen LogP contribution in [0.2, 0.25) is 0 Å². The van der Waals surface area contributed by atoms with E-state index in [1.165, 1.54) is 0 Å². The van der Waals surface area contributed by atoms with E-state index in [4.69, 9.17) is 14.2 Å². The van der Waals surface area contributed by atoms with E-state index in [0.717, 1.165) is 22.4 Å². The van der Waals surface area contributed by atoms with Crippen LogP contribution in [0.5, 0.6) is 11.5 Å². The third kappa shape index (κ3) is 4.63. The van der Waals surface area contributed by atoms with Crippen LogP contribution in [0, 0.1) is 0 Å². The molecule has 0 radical (unpaired) electrons. The molecule has 0 unspecified atom stereocenters. The summed E-state index contributed by atoms with van der Waals surface area (Å²) in [6.45, 7) is 1.15. The van der Waals surface area contributed by atoms with Crippen molar-refractivity contribution in [3.05, 3.63) is 65.9 Å². The monoisotopic (exact) mass is 392 g/mol. The largest absolute Gasteiger partial charge is 0.486 e. The number of para-hydroxylation sites is 1. The van der Waals surface area contributed by atoms with E-state index in [0.29, 0.717) is 31.7 Å². The Morgan fingerprint density at radius 1 is 1.00 bits per heavy atom. The molecule has 1 amide bonds. The van der Waals surface area contributed by atoms with Crippen molar-refractivity contribution in [2.75, 3.05) is 26.4 Å². The fourth-order valence-corrected chi connectivity index (χ4v) is 3.03. The Balaban J connectivity index is 1.24. The van der Waals surface area contributed by atoms with Gasteiger partial charge in [0.2, 0.25) is 0 Å². The highest BCUT2D eigenvalue weighted by atomic mass is 16.6. The zero-order chi connectivity index (χ0) is 20.1. The second-order valence-electron chi connectivity index (χ2n) is 6.54. The number of ether oxygens (including phenoxy) is 3. The summed E-state index contributed by atoms with van der Waals surface area (Å²) in [7, 11) is 0. The summed E-state index contributed by atoms with van der Waals surface area (Å²) in [6, 6.07) is 16.6. The van der Waals surface area contributed by atoms with Crippen molar-refractivity contribution in [3.63, 3.8) is 0 Å². The lowest BCUT2D eigenvalue weighted by Crippen LogP contribution is -2.30. The molecule has 7 heteroatoms. The molecule has 4 rings (SSSR count). The average Bonchev–Trinajstić information content (AvgIpc) is 2.77. The van der Waals surface area contributed by atoms with E-state index in [-0.39, 0.29) is 18.2 Å². The van der Waals surface area contributed by atoms with Gasteiger partial charge < -0.3 is 19.5 Å². The summed E-state index contributed by atoms with van der Waals surface area (Å²) in [5.74, 6) is 0.463. The first kappa shape index (κ1) is 18.7. The number of carbonyl (C=O) groups excluding carboxylic acids is 2. The molecule has 2 heterocycles. The summed E-state index contributed by atoms with van der Waals surface area (Å²) >= 11 is 0. The highest BCUT2D eigenvalue weighted by Gasteiger charge is 2.13. The highest BCUT2D eigenvalue weighted by molar-refractivity contribution is 5.92. The normalized spacial score (nSPS) is 12.4. The first-order valence-electron chi connectivity index (χ1n) is 9.37. The van der Waals surface area contributed by atoms with Gasteiger partial charge in [0.05, 0.1) is 5.52 Å². The van der Waals surface area contributed by atoms with Crippen molar-refractivity contribution in [3.8, 4) is 11.5 Å². The minimum absolute atomic E-state index is 0.174. The van der Waals surface area contributed by atoms with Crippen LogP contribution in [-0.2, 0) is 16.0 Å². The number of carbonyl (C=O) groups is 2. The van der Waals surface area contributed by atoms with E-state index in [9.17, 15) is 9.59 Å². The molecular weight excluding hydrogens is 372 g/mol. The summed E-state index contributed by atoms with van der Waals surface area (Å²) < 4.78 is 16.1. The number of benzene rings is 2. The molecule has 1 aliphatic rings. The van der Waals surface area contributed by atoms with Crippen LogP contribution in [0.3, 0.4) is 0 Å². The van der Waals surface area contributed by atoms with Crippen LogP contribution in [0.25, 0.3) is 10.9 Å². The predicted octanol–water partition coefficient (Wildman–Crippen LogP) is 2.52. The smallest absolute Gasteiger partial charge is 0.357 e. The number of hydrogen-bond donors (Lipinski definition) is 1. The quantitative estimate of drug-likeness (QED) is 0.649. The van der Waals surface area contributed by atoms with Gasteiger partial charge in [-0.25, -0.2) is 9.78 Å². The van der Waals surface area contributed by atoms with Crippen molar-refractivity contribution in [2.24, 2.45) is 0 Å². The van der Waals surface area contributed by atoms with E-state index < -0.39 is 5.97 Å².